The maximum atomic E-state index is 10.7. The van der Waals surface area contributed by atoms with E-state index in [9.17, 15) is 4.79 Å². The van der Waals surface area contributed by atoms with Crippen LogP contribution in [0.4, 0.5) is 0 Å². The van der Waals surface area contributed by atoms with Crippen LogP contribution in [0.15, 0.2) is 43.1 Å². The first kappa shape index (κ1) is 16.0. The van der Waals surface area contributed by atoms with Gasteiger partial charge in [0.1, 0.15) is 17.4 Å². The van der Waals surface area contributed by atoms with Gasteiger partial charge in [-0.05, 0) is 19.1 Å². The lowest BCUT2D eigenvalue weighted by molar-refractivity contribution is -0.104. The van der Waals surface area contributed by atoms with Crippen molar-refractivity contribution in [2.75, 3.05) is 6.54 Å². The molecule has 0 atom stereocenters. The van der Waals surface area contributed by atoms with E-state index in [0.717, 1.165) is 42.4 Å². The Kier molecular flexibility index (Phi) is 3.22. The van der Waals surface area contributed by atoms with Crippen LogP contribution in [-0.2, 0) is 11.8 Å². The molecule has 0 N–H and O–H groups in total. The van der Waals surface area contributed by atoms with Gasteiger partial charge in [0.05, 0.1) is 30.8 Å². The summed E-state index contributed by atoms with van der Waals surface area (Å²) >= 11 is 0. The van der Waals surface area contributed by atoms with Gasteiger partial charge in [-0.3, -0.25) is 9.48 Å². The first-order chi connectivity index (χ1) is 13.0. The molecule has 0 aromatic carbocycles. The maximum absolute atomic E-state index is 10.7. The molecule has 1 aliphatic carbocycles. The van der Waals surface area contributed by atoms with Crippen molar-refractivity contribution in [2.45, 2.75) is 30.9 Å². The molecule has 2 bridgehead atoms. The first-order valence-corrected chi connectivity index (χ1v) is 8.92. The number of aromatic nitrogens is 5. The second-order valence-electron chi connectivity index (χ2n) is 7.74. The molecule has 0 unspecified atom stereocenters. The van der Waals surface area contributed by atoms with E-state index in [1.54, 1.807) is 21.6 Å². The van der Waals surface area contributed by atoms with E-state index in [1.165, 1.54) is 6.08 Å². The lowest BCUT2D eigenvalue weighted by Gasteiger charge is -2.44. The summed E-state index contributed by atoms with van der Waals surface area (Å²) in [5.74, 6) is 0.581. The van der Waals surface area contributed by atoms with Gasteiger partial charge in [-0.2, -0.15) is 10.2 Å². The van der Waals surface area contributed by atoms with Crippen molar-refractivity contribution < 1.29 is 9.53 Å². The van der Waals surface area contributed by atoms with Crippen LogP contribution in [0.2, 0.25) is 0 Å². The van der Waals surface area contributed by atoms with Gasteiger partial charge in [0.25, 0.3) is 0 Å². The van der Waals surface area contributed by atoms with Crippen LogP contribution in [0.1, 0.15) is 19.8 Å². The summed E-state index contributed by atoms with van der Waals surface area (Å²) in [6.45, 7) is 2.94. The zero-order chi connectivity index (χ0) is 18.6. The van der Waals surface area contributed by atoms with Gasteiger partial charge in [-0.1, -0.05) is 0 Å². The summed E-state index contributed by atoms with van der Waals surface area (Å²) in [6, 6.07) is 1.91. The lowest BCUT2D eigenvalue weighted by atomic mass is 9.71. The fourth-order valence-corrected chi connectivity index (χ4v) is 4.50. The monoisotopic (exact) mass is 364 g/mol. The van der Waals surface area contributed by atoms with E-state index in [0.29, 0.717) is 5.88 Å². The average molecular weight is 364 g/mol. The molecule has 2 saturated heterocycles. The Balaban J connectivity index is 1.50. The Morgan fingerprint density at radius 3 is 2.85 bits per heavy atom. The number of ether oxygens (including phenoxy) is 1. The number of carbonyl (C=O) groups excluding carboxylic acids is 1. The molecule has 8 nitrogen and oxygen atoms in total. The third kappa shape index (κ3) is 2.43. The number of hydrogen-bond acceptors (Lipinski definition) is 6. The summed E-state index contributed by atoms with van der Waals surface area (Å²) in [5.41, 5.74) is 2.28. The molecule has 0 amide bonds. The predicted octanol–water partition coefficient (Wildman–Crippen LogP) is 1.83. The summed E-state index contributed by atoms with van der Waals surface area (Å²) < 4.78 is 10.0. The van der Waals surface area contributed by atoms with Gasteiger partial charge in [0.15, 0.2) is 0 Å². The number of aryl methyl sites for hydroxylation is 1. The maximum Gasteiger partial charge on any atom is 0.241 e. The van der Waals surface area contributed by atoms with Crippen LogP contribution in [0.3, 0.4) is 0 Å². The quantitative estimate of drug-likeness (QED) is 0.508. The van der Waals surface area contributed by atoms with Crippen molar-refractivity contribution in [1.82, 2.24) is 29.3 Å². The molecule has 3 fully saturated rings. The Morgan fingerprint density at radius 2 is 2.11 bits per heavy atom. The fraction of sp³-hybridized carbons (Fsp3) is 0.368. The number of nitrogens with zero attached hydrogens (tertiary/aromatic N) is 6. The molecule has 5 heterocycles. The van der Waals surface area contributed by atoms with Crippen molar-refractivity contribution in [1.29, 1.82) is 0 Å². The van der Waals surface area contributed by atoms with E-state index < -0.39 is 0 Å². The highest BCUT2D eigenvalue weighted by Gasteiger charge is 2.64. The molecular formula is C19H20N6O2. The predicted molar refractivity (Wildman–Crippen MR) is 98.1 cm³/mol. The third-order valence-electron chi connectivity index (χ3n) is 5.57. The first-order valence-electron chi connectivity index (χ1n) is 8.92. The minimum absolute atomic E-state index is 0.0387. The van der Waals surface area contributed by atoms with Crippen molar-refractivity contribution in [3.05, 3.63) is 43.1 Å². The van der Waals surface area contributed by atoms with E-state index >= 15 is 0 Å². The standard InChI is InChI=1S/C19H20N6O2/c1-18-11-19(12-18,13-24(18)6-3-7-26)27-17-16-4-5-20-25(16)10-15(22-17)14-8-21-23(2)9-14/h3-10H,11-13H2,1-2H3/b6-3+. The molecular weight excluding hydrogens is 344 g/mol. The molecule has 1 saturated carbocycles. The Morgan fingerprint density at radius 1 is 1.26 bits per heavy atom. The van der Waals surface area contributed by atoms with E-state index in [4.69, 9.17) is 9.72 Å². The molecule has 6 rings (SSSR count). The van der Waals surface area contributed by atoms with Gasteiger partial charge >= 0.3 is 0 Å². The molecule has 3 aliphatic rings. The third-order valence-corrected chi connectivity index (χ3v) is 5.57. The van der Waals surface area contributed by atoms with Gasteiger partial charge in [-0.25, -0.2) is 9.50 Å². The van der Waals surface area contributed by atoms with Crippen LogP contribution >= 0.6 is 0 Å². The lowest BCUT2D eigenvalue weighted by Crippen LogP contribution is -2.52. The normalized spacial score (nSPS) is 26.7. The summed E-state index contributed by atoms with van der Waals surface area (Å²) in [5, 5.41) is 8.59. The van der Waals surface area contributed by atoms with E-state index in [-0.39, 0.29) is 11.1 Å². The summed E-state index contributed by atoms with van der Waals surface area (Å²) in [6.07, 6.45) is 13.3. The van der Waals surface area contributed by atoms with Crippen LogP contribution in [0.25, 0.3) is 16.8 Å². The summed E-state index contributed by atoms with van der Waals surface area (Å²) in [4.78, 5) is 17.6. The number of aldehydes is 1. The minimum Gasteiger partial charge on any atom is -0.467 e. The van der Waals surface area contributed by atoms with Gasteiger partial charge in [0.2, 0.25) is 5.88 Å². The van der Waals surface area contributed by atoms with Crippen molar-refractivity contribution in [2.24, 2.45) is 7.05 Å². The molecule has 138 valence electrons. The largest absolute Gasteiger partial charge is 0.467 e. The van der Waals surface area contributed by atoms with Crippen LogP contribution in [0, 0.1) is 0 Å². The Labute approximate surface area is 156 Å². The molecule has 3 aromatic rings. The number of allylic oxidation sites excluding steroid dienone is 1. The van der Waals surface area contributed by atoms with Gasteiger partial charge < -0.3 is 9.64 Å². The van der Waals surface area contributed by atoms with Crippen LogP contribution in [-0.4, -0.2) is 53.2 Å². The minimum atomic E-state index is -0.284. The zero-order valence-electron chi connectivity index (χ0n) is 15.2. The molecule has 2 aliphatic heterocycles. The number of carbonyl (C=O) groups is 1. The highest BCUT2D eigenvalue weighted by atomic mass is 16.5. The Hall–Kier alpha value is -3.16. The van der Waals surface area contributed by atoms with Crippen LogP contribution < -0.4 is 4.74 Å². The molecule has 0 spiro atoms. The van der Waals surface area contributed by atoms with Crippen LogP contribution in [0.5, 0.6) is 5.88 Å². The molecule has 3 aromatic heterocycles. The number of rotatable bonds is 5. The van der Waals surface area contributed by atoms with E-state index in [1.807, 2.05) is 31.7 Å². The van der Waals surface area contributed by atoms with Crippen molar-refractivity contribution >= 4 is 11.8 Å². The van der Waals surface area contributed by atoms with E-state index in [2.05, 4.69) is 22.0 Å². The smallest absolute Gasteiger partial charge is 0.241 e. The fourth-order valence-electron chi connectivity index (χ4n) is 4.50. The number of hydrogen-bond donors (Lipinski definition) is 0. The van der Waals surface area contributed by atoms with Crippen molar-refractivity contribution in [3.8, 4) is 17.1 Å². The molecule has 8 heteroatoms. The van der Waals surface area contributed by atoms with Crippen molar-refractivity contribution in [3.63, 3.8) is 0 Å². The van der Waals surface area contributed by atoms with Gasteiger partial charge in [-0.15, -0.1) is 0 Å². The van der Waals surface area contributed by atoms with Gasteiger partial charge in [0, 0.05) is 43.4 Å². The Bertz CT molecular complexity index is 1060. The highest BCUT2D eigenvalue weighted by molar-refractivity contribution is 5.65. The second kappa shape index (κ2) is 5.42. The highest BCUT2D eigenvalue weighted by Crippen LogP contribution is 2.55. The number of fused-ring (bicyclic) bond motifs is 2. The zero-order valence-corrected chi connectivity index (χ0v) is 15.2. The molecule has 27 heavy (non-hydrogen) atoms. The second-order valence-corrected chi connectivity index (χ2v) is 7.74. The topological polar surface area (TPSA) is 77.5 Å². The SMILES string of the molecule is Cn1cc(-c2cn3nccc3c(OC34CN(/C=C/C=O)C(C)(C3)C4)n2)cn1. The molecule has 0 radical (unpaired) electrons. The summed E-state index contributed by atoms with van der Waals surface area (Å²) in [7, 11) is 1.88. The average Bonchev–Trinajstić information content (AvgIpc) is 3.34.